The number of carbonyl (C=O) groups excluding carboxylic acids is 1. The lowest BCUT2D eigenvalue weighted by Crippen LogP contribution is -2.40. The quantitative estimate of drug-likeness (QED) is 0.254. The number of furan rings is 1. The molecule has 1 aliphatic rings. The third-order valence-electron chi connectivity index (χ3n) is 6.76. The number of anilines is 1. The topological polar surface area (TPSA) is 85.8 Å². The molecule has 3 heterocycles. The van der Waals surface area contributed by atoms with Crippen LogP contribution in [0.25, 0.3) is 17.4 Å². The highest BCUT2D eigenvalue weighted by atomic mass is 79.9. The molecule has 1 amide bonds. The van der Waals surface area contributed by atoms with Crippen molar-refractivity contribution in [1.29, 1.82) is 0 Å². The molecule has 0 aliphatic carbocycles. The number of hydrogen-bond donors (Lipinski definition) is 1. The minimum atomic E-state index is -0.682. The van der Waals surface area contributed by atoms with Gasteiger partial charge in [0, 0.05) is 21.8 Å². The number of fused-ring (bicyclic) bond motifs is 1. The molecule has 3 aromatic carbocycles. The van der Waals surface area contributed by atoms with Crippen LogP contribution in [0.3, 0.4) is 0 Å². The van der Waals surface area contributed by atoms with Gasteiger partial charge in [0.15, 0.2) is 4.80 Å². The number of methoxy groups -OCH3 is 1. The summed E-state index contributed by atoms with van der Waals surface area (Å²) in [4.78, 5) is 32.8. The van der Waals surface area contributed by atoms with Crippen LogP contribution in [0.15, 0.2) is 121 Å². The molecule has 9 heteroatoms. The zero-order valence-corrected chi connectivity index (χ0v) is 24.5. The molecule has 41 heavy (non-hydrogen) atoms. The van der Waals surface area contributed by atoms with E-state index < -0.39 is 6.04 Å². The maximum absolute atomic E-state index is 13.9. The van der Waals surface area contributed by atoms with Crippen LogP contribution in [-0.4, -0.2) is 17.6 Å². The van der Waals surface area contributed by atoms with E-state index in [-0.39, 0.29) is 11.5 Å². The van der Waals surface area contributed by atoms with E-state index in [1.165, 1.54) is 11.3 Å². The first-order chi connectivity index (χ1) is 19.9. The summed E-state index contributed by atoms with van der Waals surface area (Å²) in [5, 5.41) is 2.96. The molecule has 0 radical (unpaired) electrons. The van der Waals surface area contributed by atoms with E-state index in [0.717, 1.165) is 15.6 Å². The number of ether oxygens (including phenoxy) is 1. The average Bonchev–Trinajstić information content (AvgIpc) is 3.57. The summed E-state index contributed by atoms with van der Waals surface area (Å²) in [5.41, 5.74) is 3.04. The van der Waals surface area contributed by atoms with Crippen molar-refractivity contribution in [3.8, 4) is 17.1 Å². The van der Waals surface area contributed by atoms with Gasteiger partial charge in [0.2, 0.25) is 0 Å². The highest BCUT2D eigenvalue weighted by Gasteiger charge is 2.32. The normalized spacial score (nSPS) is 14.9. The minimum absolute atomic E-state index is 0.256. The van der Waals surface area contributed by atoms with Gasteiger partial charge in [0.1, 0.15) is 17.3 Å². The smallest absolute Gasteiger partial charge is 0.271 e. The van der Waals surface area contributed by atoms with Crippen molar-refractivity contribution in [1.82, 2.24) is 4.57 Å². The van der Waals surface area contributed by atoms with Gasteiger partial charge < -0.3 is 14.5 Å². The van der Waals surface area contributed by atoms with Gasteiger partial charge in [-0.1, -0.05) is 69.7 Å². The number of rotatable bonds is 6. The second-order valence-electron chi connectivity index (χ2n) is 9.38. The molecule has 204 valence electrons. The zero-order valence-electron chi connectivity index (χ0n) is 22.1. The molecule has 0 spiro atoms. The van der Waals surface area contributed by atoms with E-state index in [1.807, 2.05) is 91.0 Å². The van der Waals surface area contributed by atoms with Crippen LogP contribution in [0.2, 0.25) is 0 Å². The Kier molecular flexibility index (Phi) is 7.30. The molecular weight excluding hydrogens is 602 g/mol. The number of para-hydroxylation sites is 1. The molecule has 6 rings (SSSR count). The Bertz CT molecular complexity index is 1950. The summed E-state index contributed by atoms with van der Waals surface area (Å²) in [5.74, 6) is 1.60. The van der Waals surface area contributed by atoms with Crippen molar-refractivity contribution in [3.63, 3.8) is 0 Å². The molecule has 0 unspecified atom stereocenters. The fourth-order valence-corrected chi connectivity index (χ4v) is 6.05. The summed E-state index contributed by atoms with van der Waals surface area (Å²) in [6, 6.07) is 27.4. The lowest BCUT2D eigenvalue weighted by molar-refractivity contribution is -0.113. The second kappa shape index (κ2) is 11.2. The van der Waals surface area contributed by atoms with Crippen LogP contribution >= 0.6 is 27.3 Å². The van der Waals surface area contributed by atoms with Gasteiger partial charge >= 0.3 is 0 Å². The molecule has 0 fully saturated rings. The van der Waals surface area contributed by atoms with Crippen molar-refractivity contribution in [2.75, 3.05) is 12.4 Å². The Morgan fingerprint density at radius 3 is 2.46 bits per heavy atom. The first kappa shape index (κ1) is 26.7. The molecule has 5 aromatic rings. The van der Waals surface area contributed by atoms with Gasteiger partial charge in [-0.15, -0.1) is 0 Å². The lowest BCUT2D eigenvalue weighted by atomic mass is 9.95. The number of halogens is 1. The molecule has 0 bridgehead atoms. The van der Waals surface area contributed by atoms with Gasteiger partial charge in [-0.2, -0.15) is 0 Å². The van der Waals surface area contributed by atoms with Crippen LogP contribution in [0.1, 0.15) is 24.3 Å². The molecule has 0 saturated heterocycles. The molecule has 1 N–H and O–H groups in total. The molecule has 7 nitrogen and oxygen atoms in total. The zero-order chi connectivity index (χ0) is 28.5. The number of thiazole rings is 1. The summed E-state index contributed by atoms with van der Waals surface area (Å²) in [6.45, 7) is 1.80. The maximum atomic E-state index is 13.9. The first-order valence-corrected chi connectivity index (χ1v) is 14.4. The van der Waals surface area contributed by atoms with Gasteiger partial charge in [0.05, 0.1) is 29.0 Å². The predicted octanol–water partition coefficient (Wildman–Crippen LogP) is 5.91. The van der Waals surface area contributed by atoms with Gasteiger partial charge in [-0.05, 0) is 61.0 Å². The van der Waals surface area contributed by atoms with Crippen molar-refractivity contribution in [2.45, 2.75) is 13.0 Å². The van der Waals surface area contributed by atoms with E-state index in [9.17, 15) is 9.59 Å². The van der Waals surface area contributed by atoms with Crippen molar-refractivity contribution < 1.29 is 13.9 Å². The molecular formula is C32H24BrN3O4S. The van der Waals surface area contributed by atoms with Crippen molar-refractivity contribution in [2.24, 2.45) is 4.99 Å². The number of hydrogen-bond acceptors (Lipinski definition) is 6. The number of allylic oxidation sites excluding steroid dienone is 1. The summed E-state index contributed by atoms with van der Waals surface area (Å²) < 4.78 is 14.4. The van der Waals surface area contributed by atoms with Crippen LogP contribution in [0.5, 0.6) is 5.75 Å². The van der Waals surface area contributed by atoms with Crippen molar-refractivity contribution >= 4 is 44.9 Å². The fraction of sp³-hybridized carbons (Fsp3) is 0.0938. The molecule has 1 aliphatic heterocycles. The second-order valence-corrected chi connectivity index (χ2v) is 11.3. The lowest BCUT2D eigenvalue weighted by Gasteiger charge is -2.25. The minimum Gasteiger partial charge on any atom is -0.497 e. The number of benzene rings is 3. The third-order valence-corrected chi connectivity index (χ3v) is 8.27. The average molecular weight is 627 g/mol. The molecule has 0 saturated carbocycles. The van der Waals surface area contributed by atoms with Crippen LogP contribution in [0, 0.1) is 0 Å². The van der Waals surface area contributed by atoms with Gasteiger partial charge in [-0.3, -0.25) is 14.2 Å². The van der Waals surface area contributed by atoms with E-state index in [1.54, 1.807) is 24.7 Å². The Balaban J connectivity index is 1.45. The number of amides is 1. The number of nitrogens with zero attached hydrogens (tertiary/aromatic N) is 2. The summed E-state index contributed by atoms with van der Waals surface area (Å²) in [6.07, 6.45) is 1.72. The third kappa shape index (κ3) is 5.33. The summed E-state index contributed by atoms with van der Waals surface area (Å²) >= 11 is 4.71. The molecule has 1 atom stereocenters. The highest BCUT2D eigenvalue weighted by molar-refractivity contribution is 9.10. The Labute approximate surface area is 247 Å². The summed E-state index contributed by atoms with van der Waals surface area (Å²) in [7, 11) is 1.59. The Morgan fingerprint density at radius 1 is 1.02 bits per heavy atom. The van der Waals surface area contributed by atoms with E-state index in [0.29, 0.717) is 43.6 Å². The highest BCUT2D eigenvalue weighted by Crippen LogP contribution is 2.32. The van der Waals surface area contributed by atoms with E-state index in [4.69, 9.17) is 14.1 Å². The largest absolute Gasteiger partial charge is 0.497 e. The monoisotopic (exact) mass is 625 g/mol. The van der Waals surface area contributed by atoms with Crippen LogP contribution < -0.4 is 24.9 Å². The standard InChI is InChI=1S/C32H24BrN3O4S/c1-19-28(30(37)35-23-6-4-3-5-7-23)29(21-10-14-24(39-2)15-11-21)36-31(38)27(41-32(36)34-19)18-25-16-17-26(40-25)20-8-12-22(33)13-9-20/h3-18,29H,1-2H3,(H,35,37)/b27-18+/t29-/m1/s1. The van der Waals surface area contributed by atoms with E-state index in [2.05, 4.69) is 21.2 Å². The Hall–Kier alpha value is -4.47. The first-order valence-electron chi connectivity index (χ1n) is 12.8. The van der Waals surface area contributed by atoms with E-state index >= 15 is 0 Å². The van der Waals surface area contributed by atoms with Crippen LogP contribution in [-0.2, 0) is 4.79 Å². The maximum Gasteiger partial charge on any atom is 0.271 e. The Morgan fingerprint density at radius 2 is 1.76 bits per heavy atom. The molecule has 2 aromatic heterocycles. The predicted molar refractivity (Wildman–Crippen MR) is 164 cm³/mol. The van der Waals surface area contributed by atoms with Crippen molar-refractivity contribution in [3.05, 3.63) is 138 Å². The van der Waals surface area contributed by atoms with Gasteiger partial charge in [0.25, 0.3) is 11.5 Å². The van der Waals surface area contributed by atoms with Gasteiger partial charge in [-0.25, -0.2) is 4.99 Å². The number of carbonyl (C=O) groups is 1. The fourth-order valence-electron chi connectivity index (χ4n) is 4.76. The van der Waals surface area contributed by atoms with Crippen LogP contribution in [0.4, 0.5) is 5.69 Å². The number of aromatic nitrogens is 1. The SMILES string of the molecule is COc1ccc([C@@H]2C(C(=O)Nc3ccccc3)=C(C)N=c3s/c(=C/c4ccc(-c5ccc(Br)cc5)o4)c(=O)n32)cc1. The number of nitrogens with one attached hydrogen (secondary N) is 1.